The molecule has 1 aromatic carbocycles. The standard InChI is InChI=1S/C15H18Cl2N4/c1-9(2)5-12-8-15(21-18)20-14(19-12)6-10-3-4-11(16)7-13(10)17/h3-4,7-9H,5-6,18H2,1-2H3,(H,19,20,21). The highest BCUT2D eigenvalue weighted by Crippen LogP contribution is 2.23. The molecule has 0 aliphatic rings. The molecule has 0 spiro atoms. The number of hydrogen-bond donors (Lipinski definition) is 2. The van der Waals surface area contributed by atoms with Crippen LogP contribution in [0.3, 0.4) is 0 Å². The summed E-state index contributed by atoms with van der Waals surface area (Å²) < 4.78 is 0. The molecule has 0 saturated heterocycles. The van der Waals surface area contributed by atoms with Gasteiger partial charge in [-0.2, -0.15) is 0 Å². The van der Waals surface area contributed by atoms with Gasteiger partial charge in [-0.25, -0.2) is 15.8 Å². The molecule has 0 fully saturated rings. The molecule has 6 heteroatoms. The molecule has 2 rings (SSSR count). The van der Waals surface area contributed by atoms with Crippen molar-refractivity contribution < 1.29 is 0 Å². The van der Waals surface area contributed by atoms with E-state index in [0.29, 0.717) is 34.0 Å². The number of hydrazine groups is 1. The van der Waals surface area contributed by atoms with Gasteiger partial charge in [0.2, 0.25) is 0 Å². The first kappa shape index (κ1) is 16.0. The summed E-state index contributed by atoms with van der Waals surface area (Å²) in [4.78, 5) is 8.96. The summed E-state index contributed by atoms with van der Waals surface area (Å²) in [6.07, 6.45) is 1.41. The second-order valence-electron chi connectivity index (χ2n) is 5.32. The molecule has 112 valence electrons. The van der Waals surface area contributed by atoms with Crippen LogP contribution in [0.1, 0.15) is 30.9 Å². The van der Waals surface area contributed by atoms with Gasteiger partial charge in [0.15, 0.2) is 0 Å². The fourth-order valence-corrected chi connectivity index (χ4v) is 2.54. The van der Waals surface area contributed by atoms with Gasteiger partial charge in [0, 0.05) is 28.2 Å². The van der Waals surface area contributed by atoms with Gasteiger partial charge in [-0.15, -0.1) is 0 Å². The van der Waals surface area contributed by atoms with Gasteiger partial charge in [-0.05, 0) is 30.0 Å². The van der Waals surface area contributed by atoms with Crippen LogP contribution in [-0.2, 0) is 12.8 Å². The zero-order valence-corrected chi connectivity index (χ0v) is 13.5. The Labute approximate surface area is 134 Å². The molecule has 0 amide bonds. The lowest BCUT2D eigenvalue weighted by atomic mass is 10.1. The summed E-state index contributed by atoms with van der Waals surface area (Å²) in [5.74, 6) is 7.29. The van der Waals surface area contributed by atoms with Gasteiger partial charge in [0.05, 0.1) is 0 Å². The monoisotopic (exact) mass is 324 g/mol. The maximum absolute atomic E-state index is 6.20. The minimum absolute atomic E-state index is 0.512. The number of rotatable bonds is 5. The molecule has 1 heterocycles. The van der Waals surface area contributed by atoms with Crippen LogP contribution < -0.4 is 11.3 Å². The molecule has 0 saturated carbocycles. The lowest BCUT2D eigenvalue weighted by molar-refractivity contribution is 0.631. The molecular weight excluding hydrogens is 307 g/mol. The van der Waals surface area contributed by atoms with Gasteiger partial charge < -0.3 is 5.43 Å². The van der Waals surface area contributed by atoms with E-state index in [0.717, 1.165) is 17.7 Å². The second-order valence-corrected chi connectivity index (χ2v) is 6.16. The van der Waals surface area contributed by atoms with Gasteiger partial charge in [0.25, 0.3) is 0 Å². The number of halogens is 2. The normalized spacial score (nSPS) is 11.0. The molecular formula is C15H18Cl2N4. The fraction of sp³-hybridized carbons (Fsp3) is 0.333. The highest BCUT2D eigenvalue weighted by Gasteiger charge is 2.09. The average molecular weight is 325 g/mol. The first-order valence-electron chi connectivity index (χ1n) is 6.75. The Morgan fingerprint density at radius 3 is 2.57 bits per heavy atom. The quantitative estimate of drug-likeness (QED) is 0.647. The Balaban J connectivity index is 2.29. The summed E-state index contributed by atoms with van der Waals surface area (Å²) in [5.41, 5.74) is 4.49. The number of anilines is 1. The van der Waals surface area contributed by atoms with Crippen LogP contribution in [0.25, 0.3) is 0 Å². The van der Waals surface area contributed by atoms with Crippen LogP contribution in [0.5, 0.6) is 0 Å². The van der Waals surface area contributed by atoms with E-state index in [1.54, 1.807) is 6.07 Å². The van der Waals surface area contributed by atoms with Crippen LogP contribution >= 0.6 is 23.2 Å². The smallest absolute Gasteiger partial charge is 0.143 e. The summed E-state index contributed by atoms with van der Waals surface area (Å²) in [6.45, 7) is 4.29. The Morgan fingerprint density at radius 2 is 1.95 bits per heavy atom. The minimum atomic E-state index is 0.512. The zero-order chi connectivity index (χ0) is 15.4. The fourth-order valence-electron chi connectivity index (χ4n) is 2.06. The average Bonchev–Trinajstić information content (AvgIpc) is 2.41. The van der Waals surface area contributed by atoms with Crippen LogP contribution in [0.4, 0.5) is 5.82 Å². The zero-order valence-electron chi connectivity index (χ0n) is 12.0. The second kappa shape index (κ2) is 7.07. The van der Waals surface area contributed by atoms with Crippen LogP contribution in [0.15, 0.2) is 24.3 Å². The SMILES string of the molecule is CC(C)Cc1cc(NN)nc(Cc2ccc(Cl)cc2Cl)n1. The third-order valence-electron chi connectivity index (χ3n) is 2.95. The maximum Gasteiger partial charge on any atom is 0.143 e. The van der Waals surface area contributed by atoms with Crippen molar-refractivity contribution in [3.05, 3.63) is 51.4 Å². The van der Waals surface area contributed by atoms with E-state index < -0.39 is 0 Å². The van der Waals surface area contributed by atoms with E-state index in [2.05, 4.69) is 29.2 Å². The van der Waals surface area contributed by atoms with E-state index in [-0.39, 0.29) is 0 Å². The minimum Gasteiger partial charge on any atom is -0.308 e. The number of nitrogens with two attached hydrogens (primary N) is 1. The molecule has 0 radical (unpaired) electrons. The first-order valence-corrected chi connectivity index (χ1v) is 7.51. The molecule has 3 N–H and O–H groups in total. The molecule has 0 aliphatic carbocycles. The van der Waals surface area contributed by atoms with Crippen molar-refractivity contribution in [1.82, 2.24) is 9.97 Å². The third kappa shape index (κ3) is 4.56. The maximum atomic E-state index is 6.20. The van der Waals surface area contributed by atoms with Crippen molar-refractivity contribution in [3.63, 3.8) is 0 Å². The summed E-state index contributed by atoms with van der Waals surface area (Å²) in [7, 11) is 0. The molecule has 0 unspecified atom stereocenters. The van der Waals surface area contributed by atoms with Crippen molar-refractivity contribution in [2.75, 3.05) is 5.43 Å². The van der Waals surface area contributed by atoms with Crippen molar-refractivity contribution in [3.8, 4) is 0 Å². The van der Waals surface area contributed by atoms with Crippen LogP contribution in [0.2, 0.25) is 10.0 Å². The predicted molar refractivity (Wildman–Crippen MR) is 87.7 cm³/mol. The molecule has 2 aromatic rings. The number of nitrogens with zero attached hydrogens (tertiary/aromatic N) is 2. The Morgan fingerprint density at radius 1 is 1.19 bits per heavy atom. The molecule has 21 heavy (non-hydrogen) atoms. The predicted octanol–water partition coefficient (Wildman–Crippen LogP) is 3.86. The lowest BCUT2D eigenvalue weighted by Gasteiger charge is -2.10. The van der Waals surface area contributed by atoms with E-state index in [9.17, 15) is 0 Å². The van der Waals surface area contributed by atoms with Crippen molar-refractivity contribution in [2.24, 2.45) is 11.8 Å². The number of nitrogens with one attached hydrogen (secondary N) is 1. The largest absolute Gasteiger partial charge is 0.308 e. The van der Waals surface area contributed by atoms with Gasteiger partial charge >= 0.3 is 0 Å². The highest BCUT2D eigenvalue weighted by molar-refractivity contribution is 6.35. The number of hydrogen-bond acceptors (Lipinski definition) is 4. The van der Waals surface area contributed by atoms with Crippen LogP contribution in [-0.4, -0.2) is 9.97 Å². The van der Waals surface area contributed by atoms with Crippen molar-refractivity contribution in [1.29, 1.82) is 0 Å². The molecule has 0 bridgehead atoms. The first-order chi connectivity index (χ1) is 9.97. The van der Waals surface area contributed by atoms with E-state index >= 15 is 0 Å². The lowest BCUT2D eigenvalue weighted by Crippen LogP contribution is -2.12. The summed E-state index contributed by atoms with van der Waals surface area (Å²) in [6, 6.07) is 7.28. The molecule has 0 atom stereocenters. The van der Waals surface area contributed by atoms with Crippen molar-refractivity contribution >= 4 is 29.0 Å². The summed E-state index contributed by atoms with van der Waals surface area (Å²) >= 11 is 12.1. The van der Waals surface area contributed by atoms with E-state index in [1.165, 1.54) is 0 Å². The molecule has 0 aliphatic heterocycles. The third-order valence-corrected chi connectivity index (χ3v) is 3.54. The van der Waals surface area contributed by atoms with E-state index in [4.69, 9.17) is 29.0 Å². The van der Waals surface area contributed by atoms with Gasteiger partial charge in [0.1, 0.15) is 11.6 Å². The van der Waals surface area contributed by atoms with Crippen LogP contribution in [0, 0.1) is 5.92 Å². The number of benzene rings is 1. The number of nitrogen functional groups attached to an aromatic ring is 1. The van der Waals surface area contributed by atoms with Crippen molar-refractivity contribution in [2.45, 2.75) is 26.7 Å². The summed E-state index contributed by atoms with van der Waals surface area (Å²) in [5, 5.41) is 1.23. The Bertz CT molecular complexity index is 629. The topological polar surface area (TPSA) is 63.8 Å². The number of aromatic nitrogens is 2. The molecule has 4 nitrogen and oxygen atoms in total. The highest BCUT2D eigenvalue weighted by atomic mass is 35.5. The Hall–Kier alpha value is -1.36. The van der Waals surface area contributed by atoms with Gasteiger partial charge in [-0.1, -0.05) is 43.1 Å². The van der Waals surface area contributed by atoms with Gasteiger partial charge in [-0.3, -0.25) is 0 Å². The Kier molecular flexibility index (Phi) is 5.39. The van der Waals surface area contributed by atoms with E-state index in [1.807, 2.05) is 18.2 Å². The molecule has 1 aromatic heterocycles.